The summed E-state index contributed by atoms with van der Waals surface area (Å²) in [6.45, 7) is 12.8. The Bertz CT molecular complexity index is 992. The van der Waals surface area contributed by atoms with E-state index >= 15 is 0 Å². The number of ether oxygens (including phenoxy) is 2. The molecule has 0 aromatic heterocycles. The molecule has 0 saturated heterocycles. The van der Waals surface area contributed by atoms with Crippen molar-refractivity contribution < 1.29 is 33.8 Å². The first-order chi connectivity index (χ1) is 19.9. The molecule has 1 N–H and O–H groups in total. The molecule has 9 atom stereocenters. The van der Waals surface area contributed by atoms with E-state index in [1.165, 1.54) is 0 Å². The minimum absolute atomic E-state index is 0.0249. The molecule has 3 unspecified atom stereocenters. The van der Waals surface area contributed by atoms with Crippen LogP contribution >= 0.6 is 0 Å². The summed E-state index contributed by atoms with van der Waals surface area (Å²) in [6.07, 6.45) is 9.41. The number of hydrogen-bond acceptors (Lipinski definition) is 7. The molecule has 8 nitrogen and oxygen atoms in total. The Morgan fingerprint density at radius 1 is 0.881 bits per heavy atom. The second-order valence-electron chi connectivity index (χ2n) is 14.5. The summed E-state index contributed by atoms with van der Waals surface area (Å²) in [5.74, 6) is 0.453. The molecule has 4 rings (SSSR count). The van der Waals surface area contributed by atoms with Crippen LogP contribution in [0.25, 0.3) is 0 Å². The topological polar surface area (TPSA) is 110 Å². The van der Waals surface area contributed by atoms with Crippen molar-refractivity contribution in [1.29, 1.82) is 0 Å². The van der Waals surface area contributed by atoms with Gasteiger partial charge in [0.1, 0.15) is 18.0 Å². The number of hydrogen-bond donors (Lipinski definition) is 1. The molecule has 0 radical (unpaired) electrons. The maximum absolute atomic E-state index is 13.5. The van der Waals surface area contributed by atoms with E-state index in [1.807, 2.05) is 0 Å². The van der Waals surface area contributed by atoms with Gasteiger partial charge in [-0.15, -0.1) is 0 Å². The number of Topliss-reactive ketones (excluding diaryl/α,β-unsaturated/α-hetero) is 1. The lowest BCUT2D eigenvalue weighted by Gasteiger charge is -2.62. The predicted molar refractivity (Wildman–Crippen MR) is 160 cm³/mol. The van der Waals surface area contributed by atoms with Crippen molar-refractivity contribution in [3.8, 4) is 0 Å². The number of rotatable bonds is 13. The highest BCUT2D eigenvalue weighted by molar-refractivity contribution is 5.79. The average Bonchev–Trinajstić information content (AvgIpc) is 3.25. The standard InChI is InChI=1S/C34H55NO7/c1-6-17-35(18-7-2)21-31(40)42-28-20-34(5)26(22(3)36)13-14-27(34)25-12-11-23-19-24(15-16-33(23,4)32(25)28)41-30(39)10-8-9-29(37)38/h23-28,32H,6-21H2,1-5H3,(H,37,38)/t23?,24?,25-,26+,27-,28?,32+,33-,34+/m0/s1. The van der Waals surface area contributed by atoms with Crippen molar-refractivity contribution in [2.75, 3.05) is 19.6 Å². The molecule has 0 heterocycles. The van der Waals surface area contributed by atoms with Crippen LogP contribution in [-0.4, -0.2) is 65.5 Å². The lowest BCUT2D eigenvalue weighted by Crippen LogP contribution is -2.60. The Labute approximate surface area is 252 Å². The zero-order valence-electron chi connectivity index (χ0n) is 26.7. The monoisotopic (exact) mass is 589 g/mol. The van der Waals surface area contributed by atoms with Gasteiger partial charge in [-0.2, -0.15) is 0 Å². The predicted octanol–water partition coefficient (Wildman–Crippen LogP) is 6.04. The van der Waals surface area contributed by atoms with Crippen LogP contribution in [0.4, 0.5) is 0 Å². The SMILES string of the molecule is CCCN(CCC)CC(=O)OC1C[C@]2(C)[C@@H](C(C)=O)CC[C@H]2[C@@H]2CCC3CC(OC(=O)CCCC(=O)O)CC[C@]3(C)[C@@H]12. The number of aliphatic carboxylic acids is 1. The molecule has 8 heteroatoms. The number of esters is 2. The third-order valence-electron chi connectivity index (χ3n) is 11.8. The highest BCUT2D eigenvalue weighted by Gasteiger charge is 2.64. The van der Waals surface area contributed by atoms with E-state index in [0.29, 0.717) is 30.7 Å². The van der Waals surface area contributed by atoms with Crippen molar-refractivity contribution >= 4 is 23.7 Å². The van der Waals surface area contributed by atoms with Crippen LogP contribution in [0.2, 0.25) is 0 Å². The molecule has 0 aliphatic heterocycles. The van der Waals surface area contributed by atoms with Crippen LogP contribution in [0.15, 0.2) is 0 Å². The number of fused-ring (bicyclic) bond motifs is 5. The number of ketones is 1. The van der Waals surface area contributed by atoms with Crippen molar-refractivity contribution in [3.63, 3.8) is 0 Å². The fraction of sp³-hybridized carbons (Fsp3) is 0.882. The number of carbonyl (C=O) groups excluding carboxylic acids is 3. The Hall–Kier alpha value is -1.96. The Balaban J connectivity index is 1.53. The van der Waals surface area contributed by atoms with Gasteiger partial charge in [-0.1, -0.05) is 27.7 Å². The van der Waals surface area contributed by atoms with E-state index < -0.39 is 5.97 Å². The van der Waals surface area contributed by atoms with Gasteiger partial charge in [0.2, 0.25) is 0 Å². The molecule has 4 aliphatic carbocycles. The molecule has 4 fully saturated rings. The maximum Gasteiger partial charge on any atom is 0.320 e. The quantitative estimate of drug-likeness (QED) is 0.259. The third-order valence-corrected chi connectivity index (χ3v) is 11.8. The fourth-order valence-electron chi connectivity index (χ4n) is 10.1. The second-order valence-corrected chi connectivity index (χ2v) is 14.5. The highest BCUT2D eigenvalue weighted by Crippen LogP contribution is 2.68. The molecule has 42 heavy (non-hydrogen) atoms. The zero-order valence-corrected chi connectivity index (χ0v) is 26.7. The molecule has 0 amide bonds. The summed E-state index contributed by atoms with van der Waals surface area (Å²) in [7, 11) is 0. The van der Waals surface area contributed by atoms with Crippen molar-refractivity contribution in [2.24, 2.45) is 40.4 Å². The molecular weight excluding hydrogens is 534 g/mol. The smallest absolute Gasteiger partial charge is 0.320 e. The number of carbonyl (C=O) groups is 4. The van der Waals surface area contributed by atoms with Gasteiger partial charge in [0.05, 0.1) is 6.54 Å². The molecule has 238 valence electrons. The number of carboxylic acids is 1. The normalized spacial score (nSPS) is 37.3. The van der Waals surface area contributed by atoms with E-state index in [2.05, 4.69) is 32.6 Å². The van der Waals surface area contributed by atoms with Crippen LogP contribution in [0.5, 0.6) is 0 Å². The summed E-state index contributed by atoms with van der Waals surface area (Å²) in [6, 6.07) is 0. The zero-order chi connectivity index (χ0) is 30.7. The Morgan fingerprint density at radius 3 is 2.24 bits per heavy atom. The molecule has 0 spiro atoms. The van der Waals surface area contributed by atoms with Crippen LogP contribution in [0, 0.1) is 40.4 Å². The second kappa shape index (κ2) is 13.8. The molecule has 0 bridgehead atoms. The molecule has 0 aromatic rings. The van der Waals surface area contributed by atoms with Gasteiger partial charge < -0.3 is 14.6 Å². The van der Waals surface area contributed by atoms with Crippen molar-refractivity contribution in [3.05, 3.63) is 0 Å². The first-order valence-electron chi connectivity index (χ1n) is 16.8. The average molecular weight is 590 g/mol. The van der Waals surface area contributed by atoms with Gasteiger partial charge >= 0.3 is 17.9 Å². The fourth-order valence-corrected chi connectivity index (χ4v) is 10.1. The van der Waals surface area contributed by atoms with E-state index in [1.54, 1.807) is 6.92 Å². The first-order valence-corrected chi connectivity index (χ1v) is 16.8. The lowest BCUT2D eigenvalue weighted by atomic mass is 9.43. The van der Waals surface area contributed by atoms with E-state index in [0.717, 1.165) is 77.3 Å². The van der Waals surface area contributed by atoms with E-state index in [9.17, 15) is 19.2 Å². The summed E-state index contributed by atoms with van der Waals surface area (Å²) >= 11 is 0. The van der Waals surface area contributed by atoms with Gasteiger partial charge in [0, 0.05) is 24.7 Å². The van der Waals surface area contributed by atoms with Crippen LogP contribution in [0.3, 0.4) is 0 Å². The van der Waals surface area contributed by atoms with Gasteiger partial charge in [-0.25, -0.2) is 0 Å². The summed E-state index contributed by atoms with van der Waals surface area (Å²) in [5.41, 5.74) is -0.168. The first kappa shape index (κ1) is 32.9. The van der Waals surface area contributed by atoms with Gasteiger partial charge in [-0.05, 0) is 119 Å². The molecular formula is C34H55NO7. The Kier molecular flexibility index (Phi) is 10.8. The minimum atomic E-state index is -0.896. The summed E-state index contributed by atoms with van der Waals surface area (Å²) in [4.78, 5) is 51.8. The van der Waals surface area contributed by atoms with Crippen LogP contribution < -0.4 is 0 Å². The number of nitrogens with zero attached hydrogens (tertiary/aromatic N) is 1. The van der Waals surface area contributed by atoms with E-state index in [4.69, 9.17) is 14.6 Å². The van der Waals surface area contributed by atoms with Crippen molar-refractivity contribution in [1.82, 2.24) is 4.90 Å². The molecule has 4 aliphatic rings. The van der Waals surface area contributed by atoms with Crippen LogP contribution in [-0.2, 0) is 28.7 Å². The summed E-state index contributed by atoms with van der Waals surface area (Å²) < 4.78 is 12.4. The summed E-state index contributed by atoms with van der Waals surface area (Å²) in [5, 5.41) is 8.88. The maximum atomic E-state index is 13.5. The Morgan fingerprint density at radius 2 is 1.60 bits per heavy atom. The van der Waals surface area contributed by atoms with Crippen LogP contribution in [0.1, 0.15) is 118 Å². The molecule has 0 aromatic carbocycles. The van der Waals surface area contributed by atoms with Crippen molar-refractivity contribution in [2.45, 2.75) is 130 Å². The van der Waals surface area contributed by atoms with Gasteiger partial charge in [-0.3, -0.25) is 24.1 Å². The number of carboxylic acid groups (broad SMARTS) is 1. The highest BCUT2D eigenvalue weighted by atomic mass is 16.5. The molecule has 4 saturated carbocycles. The largest absolute Gasteiger partial charge is 0.481 e. The van der Waals surface area contributed by atoms with E-state index in [-0.39, 0.29) is 65.4 Å². The van der Waals surface area contributed by atoms with Gasteiger partial charge in [0.15, 0.2) is 0 Å². The lowest BCUT2D eigenvalue weighted by molar-refractivity contribution is -0.202. The third kappa shape index (κ3) is 6.89. The van der Waals surface area contributed by atoms with Gasteiger partial charge in [0.25, 0.3) is 0 Å². The minimum Gasteiger partial charge on any atom is -0.481 e.